The Bertz CT molecular complexity index is 382. The number of furan rings is 1. The maximum absolute atomic E-state index is 5.63. The van der Waals surface area contributed by atoms with Crippen molar-refractivity contribution in [1.82, 2.24) is 10.2 Å². The molecule has 0 saturated carbocycles. The average molecular weight is 282 g/mol. The second kappa shape index (κ2) is 7.78. The molecule has 0 radical (unpaired) electrons. The van der Waals surface area contributed by atoms with Crippen molar-refractivity contribution in [1.29, 1.82) is 0 Å². The minimum Gasteiger partial charge on any atom is -0.468 e. The Hall–Kier alpha value is -0.880. The summed E-state index contributed by atoms with van der Waals surface area (Å²) in [7, 11) is 3.48. The van der Waals surface area contributed by atoms with Gasteiger partial charge >= 0.3 is 0 Å². The van der Waals surface area contributed by atoms with Gasteiger partial charge in [-0.1, -0.05) is 6.92 Å². The molecule has 114 valence electrons. The second-order valence-electron chi connectivity index (χ2n) is 5.34. The summed E-state index contributed by atoms with van der Waals surface area (Å²) in [5.41, 5.74) is 1.21. The number of nitrogens with zero attached hydrogens (tertiary/aromatic N) is 1. The van der Waals surface area contributed by atoms with Gasteiger partial charge in [0.15, 0.2) is 0 Å². The maximum Gasteiger partial charge on any atom is 0.118 e. The first-order chi connectivity index (χ1) is 9.76. The zero-order valence-corrected chi connectivity index (χ0v) is 12.7. The molecule has 1 aliphatic heterocycles. The highest BCUT2D eigenvalue weighted by molar-refractivity contribution is 5.13. The van der Waals surface area contributed by atoms with Crippen molar-refractivity contribution < 1.29 is 13.9 Å². The van der Waals surface area contributed by atoms with E-state index in [0.717, 1.165) is 44.9 Å². The number of nitrogens with one attached hydrogen (secondary N) is 1. The van der Waals surface area contributed by atoms with E-state index in [9.17, 15) is 0 Å². The molecule has 0 aromatic carbocycles. The smallest absolute Gasteiger partial charge is 0.118 e. The van der Waals surface area contributed by atoms with Crippen molar-refractivity contribution in [3.05, 3.63) is 23.7 Å². The van der Waals surface area contributed by atoms with Crippen LogP contribution in [0.15, 0.2) is 16.7 Å². The molecule has 2 rings (SSSR count). The molecule has 0 spiro atoms. The van der Waals surface area contributed by atoms with Crippen LogP contribution in [-0.2, 0) is 22.6 Å². The minimum absolute atomic E-state index is 0.153. The monoisotopic (exact) mass is 282 g/mol. The van der Waals surface area contributed by atoms with Crippen LogP contribution < -0.4 is 5.32 Å². The highest BCUT2D eigenvalue weighted by atomic mass is 16.5. The highest BCUT2D eigenvalue weighted by Gasteiger charge is 2.33. The third-order valence-corrected chi connectivity index (χ3v) is 3.74. The van der Waals surface area contributed by atoms with E-state index in [-0.39, 0.29) is 12.2 Å². The Morgan fingerprint density at radius 2 is 2.00 bits per heavy atom. The highest BCUT2D eigenvalue weighted by Crippen LogP contribution is 2.19. The SMILES string of the molecule is CCCNCc1coc(CN2CC(OC)C(OC)C2)c1. The van der Waals surface area contributed by atoms with Crippen LogP contribution in [-0.4, -0.2) is 51.0 Å². The van der Waals surface area contributed by atoms with Crippen LogP contribution in [0.25, 0.3) is 0 Å². The van der Waals surface area contributed by atoms with Gasteiger partial charge in [-0.3, -0.25) is 4.90 Å². The number of hydrogen-bond acceptors (Lipinski definition) is 5. The molecule has 0 bridgehead atoms. The molecule has 2 heterocycles. The summed E-state index contributed by atoms with van der Waals surface area (Å²) in [4.78, 5) is 2.31. The van der Waals surface area contributed by atoms with Gasteiger partial charge in [-0.05, 0) is 19.0 Å². The summed E-state index contributed by atoms with van der Waals surface area (Å²) in [6.07, 6.45) is 3.30. The third-order valence-electron chi connectivity index (χ3n) is 3.74. The van der Waals surface area contributed by atoms with Gasteiger partial charge in [0.1, 0.15) is 5.76 Å². The first kappa shape index (κ1) is 15.5. The molecule has 1 aliphatic rings. The lowest BCUT2D eigenvalue weighted by Gasteiger charge is -2.13. The Labute approximate surface area is 121 Å². The zero-order valence-electron chi connectivity index (χ0n) is 12.7. The lowest BCUT2D eigenvalue weighted by molar-refractivity contribution is -0.00461. The number of hydrogen-bond donors (Lipinski definition) is 1. The molecule has 2 unspecified atom stereocenters. The molecule has 20 heavy (non-hydrogen) atoms. The Morgan fingerprint density at radius 1 is 1.30 bits per heavy atom. The second-order valence-corrected chi connectivity index (χ2v) is 5.34. The Morgan fingerprint density at radius 3 is 2.60 bits per heavy atom. The van der Waals surface area contributed by atoms with Crippen molar-refractivity contribution in [2.24, 2.45) is 0 Å². The van der Waals surface area contributed by atoms with Crippen LogP contribution in [0.2, 0.25) is 0 Å². The summed E-state index contributed by atoms with van der Waals surface area (Å²) in [5, 5.41) is 3.38. The van der Waals surface area contributed by atoms with E-state index in [4.69, 9.17) is 13.9 Å². The summed E-state index contributed by atoms with van der Waals surface area (Å²) >= 11 is 0. The minimum atomic E-state index is 0.153. The molecule has 1 fully saturated rings. The van der Waals surface area contributed by atoms with Gasteiger partial charge < -0.3 is 19.2 Å². The van der Waals surface area contributed by atoms with Crippen molar-refractivity contribution in [3.8, 4) is 0 Å². The summed E-state index contributed by atoms with van der Waals surface area (Å²) in [5.74, 6) is 1.00. The number of methoxy groups -OCH3 is 2. The first-order valence-corrected chi connectivity index (χ1v) is 7.31. The van der Waals surface area contributed by atoms with Gasteiger partial charge in [0.2, 0.25) is 0 Å². The van der Waals surface area contributed by atoms with Gasteiger partial charge in [-0.15, -0.1) is 0 Å². The average Bonchev–Trinajstić information content (AvgIpc) is 3.06. The van der Waals surface area contributed by atoms with Crippen molar-refractivity contribution in [3.63, 3.8) is 0 Å². The summed E-state index contributed by atoms with van der Waals surface area (Å²) in [6, 6.07) is 2.13. The summed E-state index contributed by atoms with van der Waals surface area (Å²) < 4.78 is 16.5. The third kappa shape index (κ3) is 4.06. The van der Waals surface area contributed by atoms with Crippen molar-refractivity contribution >= 4 is 0 Å². The van der Waals surface area contributed by atoms with Gasteiger partial charge in [0.05, 0.1) is 25.0 Å². The van der Waals surface area contributed by atoms with Crippen LogP contribution in [0.1, 0.15) is 24.7 Å². The molecular formula is C15H26N2O3. The number of ether oxygens (including phenoxy) is 2. The van der Waals surface area contributed by atoms with E-state index in [0.29, 0.717) is 0 Å². The molecule has 5 nitrogen and oxygen atoms in total. The number of likely N-dealkylation sites (tertiary alicyclic amines) is 1. The molecule has 2 atom stereocenters. The molecule has 1 aromatic heterocycles. The normalized spacial score (nSPS) is 23.6. The Kier molecular flexibility index (Phi) is 6.04. The van der Waals surface area contributed by atoms with Crippen LogP contribution in [0.5, 0.6) is 0 Å². The zero-order chi connectivity index (χ0) is 14.4. The van der Waals surface area contributed by atoms with E-state index in [1.165, 1.54) is 5.56 Å². The van der Waals surface area contributed by atoms with E-state index in [2.05, 4.69) is 23.2 Å². The van der Waals surface area contributed by atoms with Crippen LogP contribution >= 0.6 is 0 Å². The Balaban J connectivity index is 1.82. The van der Waals surface area contributed by atoms with E-state index in [1.807, 2.05) is 6.26 Å². The fourth-order valence-corrected chi connectivity index (χ4v) is 2.63. The molecule has 5 heteroatoms. The molecule has 1 aromatic rings. The lowest BCUT2D eigenvalue weighted by atomic mass is 10.3. The fraction of sp³-hybridized carbons (Fsp3) is 0.733. The molecule has 0 amide bonds. The summed E-state index contributed by atoms with van der Waals surface area (Å²) in [6.45, 7) is 6.67. The van der Waals surface area contributed by atoms with Crippen LogP contribution in [0.3, 0.4) is 0 Å². The first-order valence-electron chi connectivity index (χ1n) is 7.31. The predicted molar refractivity (Wildman–Crippen MR) is 77.6 cm³/mol. The van der Waals surface area contributed by atoms with Crippen LogP contribution in [0, 0.1) is 0 Å². The van der Waals surface area contributed by atoms with Gasteiger partial charge in [0.25, 0.3) is 0 Å². The predicted octanol–water partition coefficient (Wildman–Crippen LogP) is 1.62. The lowest BCUT2D eigenvalue weighted by Crippen LogP contribution is -2.27. The van der Waals surface area contributed by atoms with Crippen LogP contribution in [0.4, 0.5) is 0 Å². The van der Waals surface area contributed by atoms with E-state index >= 15 is 0 Å². The van der Waals surface area contributed by atoms with Crippen molar-refractivity contribution in [2.75, 3.05) is 33.9 Å². The molecule has 1 saturated heterocycles. The van der Waals surface area contributed by atoms with E-state index < -0.39 is 0 Å². The van der Waals surface area contributed by atoms with Gasteiger partial charge in [-0.25, -0.2) is 0 Å². The largest absolute Gasteiger partial charge is 0.468 e. The molecular weight excluding hydrogens is 256 g/mol. The topological polar surface area (TPSA) is 46.9 Å². The molecule has 0 aliphatic carbocycles. The van der Waals surface area contributed by atoms with Gasteiger partial charge in [-0.2, -0.15) is 0 Å². The quantitative estimate of drug-likeness (QED) is 0.734. The van der Waals surface area contributed by atoms with Crippen molar-refractivity contribution in [2.45, 2.75) is 38.6 Å². The molecule has 1 N–H and O–H groups in total. The maximum atomic E-state index is 5.63. The fourth-order valence-electron chi connectivity index (χ4n) is 2.63. The standard InChI is InChI=1S/C15H26N2O3/c1-4-5-16-7-12-6-13(20-11-12)8-17-9-14(18-2)15(10-17)19-3/h6,11,14-16H,4-5,7-10H2,1-3H3. The van der Waals surface area contributed by atoms with Gasteiger partial charge in [0, 0.05) is 39.4 Å². The number of rotatable bonds is 8. The van der Waals surface area contributed by atoms with E-state index in [1.54, 1.807) is 14.2 Å².